The summed E-state index contributed by atoms with van der Waals surface area (Å²) in [5.74, 6) is 2.47. The molecule has 1 aromatic carbocycles. The number of amides is 1. The first-order valence-corrected chi connectivity index (χ1v) is 11.5. The predicted molar refractivity (Wildman–Crippen MR) is 125 cm³/mol. The van der Waals surface area contributed by atoms with Crippen molar-refractivity contribution in [2.24, 2.45) is 5.92 Å². The van der Waals surface area contributed by atoms with Crippen molar-refractivity contribution in [3.63, 3.8) is 0 Å². The van der Waals surface area contributed by atoms with E-state index in [4.69, 9.17) is 21.7 Å². The van der Waals surface area contributed by atoms with E-state index in [0.29, 0.717) is 41.8 Å². The molecule has 0 bridgehead atoms. The molecular formula is C22H28N4O3S2. The minimum atomic E-state index is -0.172. The van der Waals surface area contributed by atoms with Crippen LogP contribution in [0.2, 0.25) is 0 Å². The van der Waals surface area contributed by atoms with Crippen LogP contribution in [0.1, 0.15) is 38.8 Å². The maximum absolute atomic E-state index is 12.6. The first-order chi connectivity index (χ1) is 14.9. The SMILES string of the molecule is COc1cc(C(C)NC(=O)CCn2c(-c3cccs3)n[nH]c2=S)ccc1OCC(C)C. The molecule has 31 heavy (non-hydrogen) atoms. The van der Waals surface area contributed by atoms with Gasteiger partial charge in [-0.15, -0.1) is 11.3 Å². The number of nitrogens with zero attached hydrogens (tertiary/aromatic N) is 2. The first kappa shape index (κ1) is 23.0. The predicted octanol–water partition coefficient (Wildman–Crippen LogP) is 4.98. The van der Waals surface area contributed by atoms with Crippen molar-refractivity contribution in [3.05, 3.63) is 46.0 Å². The van der Waals surface area contributed by atoms with Crippen molar-refractivity contribution in [1.29, 1.82) is 0 Å². The molecule has 166 valence electrons. The zero-order valence-corrected chi connectivity index (χ0v) is 19.8. The van der Waals surface area contributed by atoms with E-state index in [1.807, 2.05) is 47.2 Å². The van der Waals surface area contributed by atoms with E-state index in [2.05, 4.69) is 29.4 Å². The summed E-state index contributed by atoms with van der Waals surface area (Å²) in [5.41, 5.74) is 0.946. The molecule has 0 aliphatic carbocycles. The molecule has 0 fully saturated rings. The number of benzene rings is 1. The van der Waals surface area contributed by atoms with Crippen LogP contribution in [0.5, 0.6) is 11.5 Å². The van der Waals surface area contributed by atoms with Gasteiger partial charge in [-0.1, -0.05) is 26.0 Å². The lowest BCUT2D eigenvalue weighted by molar-refractivity contribution is -0.121. The Labute approximate surface area is 191 Å². The van der Waals surface area contributed by atoms with Crippen LogP contribution in [0.3, 0.4) is 0 Å². The van der Waals surface area contributed by atoms with Crippen molar-refractivity contribution >= 4 is 29.5 Å². The molecule has 3 rings (SSSR count). The topological polar surface area (TPSA) is 81.2 Å². The van der Waals surface area contributed by atoms with Crippen molar-refractivity contribution in [3.8, 4) is 22.2 Å². The lowest BCUT2D eigenvalue weighted by atomic mass is 10.1. The largest absolute Gasteiger partial charge is 0.493 e. The maximum atomic E-state index is 12.6. The first-order valence-electron chi connectivity index (χ1n) is 10.2. The average Bonchev–Trinajstić information content (AvgIpc) is 3.40. The van der Waals surface area contributed by atoms with E-state index in [1.54, 1.807) is 18.4 Å². The van der Waals surface area contributed by atoms with Crippen LogP contribution in [-0.4, -0.2) is 34.4 Å². The fourth-order valence-electron chi connectivity index (χ4n) is 3.06. The molecule has 3 aromatic rings. The smallest absolute Gasteiger partial charge is 0.222 e. The van der Waals surface area contributed by atoms with Gasteiger partial charge in [-0.2, -0.15) is 5.10 Å². The highest BCUT2D eigenvalue weighted by atomic mass is 32.1. The quantitative estimate of drug-likeness (QED) is 0.417. The fraction of sp³-hybridized carbons (Fsp3) is 0.409. The number of H-pyrrole nitrogens is 1. The summed E-state index contributed by atoms with van der Waals surface area (Å²) in [6, 6.07) is 9.51. The van der Waals surface area contributed by atoms with Crippen LogP contribution in [0.4, 0.5) is 0 Å². The third kappa shape index (κ3) is 5.95. The lowest BCUT2D eigenvalue weighted by Gasteiger charge is -2.18. The molecule has 0 aliphatic rings. The molecule has 0 saturated heterocycles. The van der Waals surface area contributed by atoms with E-state index in [9.17, 15) is 4.79 Å². The van der Waals surface area contributed by atoms with Crippen molar-refractivity contribution in [2.75, 3.05) is 13.7 Å². The second kappa shape index (κ2) is 10.6. The number of hydrogen-bond donors (Lipinski definition) is 2. The number of carbonyl (C=O) groups excluding carboxylic acids is 1. The second-order valence-electron chi connectivity index (χ2n) is 7.64. The molecule has 0 spiro atoms. The number of aromatic amines is 1. The molecule has 1 unspecified atom stereocenters. The Morgan fingerprint density at radius 3 is 2.77 bits per heavy atom. The van der Waals surface area contributed by atoms with Crippen molar-refractivity contribution in [1.82, 2.24) is 20.1 Å². The highest BCUT2D eigenvalue weighted by molar-refractivity contribution is 7.71. The van der Waals surface area contributed by atoms with Crippen LogP contribution in [0.25, 0.3) is 10.7 Å². The Hall–Kier alpha value is -2.65. The summed E-state index contributed by atoms with van der Waals surface area (Å²) in [6.07, 6.45) is 0.295. The number of ether oxygens (including phenoxy) is 2. The Morgan fingerprint density at radius 1 is 1.29 bits per heavy atom. The average molecular weight is 461 g/mol. The highest BCUT2D eigenvalue weighted by Gasteiger charge is 2.15. The van der Waals surface area contributed by atoms with Gasteiger partial charge in [-0.05, 0) is 54.2 Å². The summed E-state index contributed by atoms with van der Waals surface area (Å²) < 4.78 is 13.6. The molecule has 0 aliphatic heterocycles. The van der Waals surface area contributed by atoms with Crippen molar-refractivity contribution < 1.29 is 14.3 Å². The molecule has 2 aromatic heterocycles. The Kier molecular flexibility index (Phi) is 7.86. The number of aromatic nitrogens is 3. The van der Waals surface area contributed by atoms with Gasteiger partial charge in [0.2, 0.25) is 5.91 Å². The molecular weight excluding hydrogens is 432 g/mol. The van der Waals surface area contributed by atoms with Crippen LogP contribution in [0, 0.1) is 10.7 Å². The van der Waals surface area contributed by atoms with Gasteiger partial charge in [0.25, 0.3) is 0 Å². The molecule has 2 N–H and O–H groups in total. The molecule has 1 atom stereocenters. The van der Waals surface area contributed by atoms with Gasteiger partial charge in [0.05, 0.1) is 24.6 Å². The van der Waals surface area contributed by atoms with Crippen LogP contribution < -0.4 is 14.8 Å². The van der Waals surface area contributed by atoms with Gasteiger partial charge in [0.15, 0.2) is 22.1 Å². The Morgan fingerprint density at radius 2 is 2.10 bits per heavy atom. The zero-order valence-electron chi connectivity index (χ0n) is 18.2. The van der Waals surface area contributed by atoms with Gasteiger partial charge in [0, 0.05) is 13.0 Å². The second-order valence-corrected chi connectivity index (χ2v) is 8.97. The molecule has 2 heterocycles. The number of nitrogens with one attached hydrogen (secondary N) is 2. The maximum Gasteiger partial charge on any atom is 0.222 e. The normalized spacial score (nSPS) is 12.0. The molecule has 7 nitrogen and oxygen atoms in total. The van der Waals surface area contributed by atoms with Crippen molar-refractivity contribution in [2.45, 2.75) is 39.8 Å². The Bertz CT molecular complexity index is 1060. The minimum Gasteiger partial charge on any atom is -0.493 e. The van der Waals surface area contributed by atoms with Crippen LogP contribution >= 0.6 is 23.6 Å². The fourth-order valence-corrected chi connectivity index (χ4v) is 4.00. The third-order valence-electron chi connectivity index (χ3n) is 4.70. The van der Waals surface area contributed by atoms with Gasteiger partial charge < -0.3 is 14.8 Å². The number of hydrogen-bond acceptors (Lipinski definition) is 6. The summed E-state index contributed by atoms with van der Waals surface area (Å²) >= 11 is 6.92. The molecule has 0 saturated carbocycles. The summed E-state index contributed by atoms with van der Waals surface area (Å²) in [5, 5.41) is 12.1. The van der Waals surface area contributed by atoms with Gasteiger partial charge in [-0.3, -0.25) is 14.5 Å². The molecule has 0 radical (unpaired) electrons. The van der Waals surface area contributed by atoms with E-state index in [1.165, 1.54) is 0 Å². The van der Waals surface area contributed by atoms with E-state index >= 15 is 0 Å². The van der Waals surface area contributed by atoms with Gasteiger partial charge in [-0.25, -0.2) is 0 Å². The molecule has 9 heteroatoms. The highest BCUT2D eigenvalue weighted by Crippen LogP contribution is 2.30. The monoisotopic (exact) mass is 460 g/mol. The van der Waals surface area contributed by atoms with Crippen LogP contribution in [-0.2, 0) is 11.3 Å². The van der Waals surface area contributed by atoms with Crippen LogP contribution in [0.15, 0.2) is 35.7 Å². The number of carbonyl (C=O) groups is 1. The Balaban J connectivity index is 1.61. The summed E-state index contributed by atoms with van der Waals surface area (Å²) in [6.45, 7) is 7.21. The lowest BCUT2D eigenvalue weighted by Crippen LogP contribution is -2.27. The number of thiophene rings is 1. The molecule has 1 amide bonds. The third-order valence-corrected chi connectivity index (χ3v) is 5.88. The number of rotatable bonds is 10. The summed E-state index contributed by atoms with van der Waals surface area (Å²) in [4.78, 5) is 13.6. The number of methoxy groups -OCH3 is 1. The van der Waals surface area contributed by atoms with E-state index < -0.39 is 0 Å². The minimum absolute atomic E-state index is 0.0631. The standard InChI is InChI=1S/C22H28N4O3S2/c1-14(2)13-29-17-8-7-16(12-18(17)28-4)15(3)23-20(27)9-10-26-21(24-25-22(26)30)19-6-5-11-31-19/h5-8,11-12,14-15H,9-10,13H2,1-4H3,(H,23,27)(H,25,30). The van der Waals surface area contributed by atoms with Gasteiger partial charge >= 0.3 is 0 Å². The summed E-state index contributed by atoms with van der Waals surface area (Å²) in [7, 11) is 1.62. The van der Waals surface area contributed by atoms with Gasteiger partial charge in [0.1, 0.15) is 0 Å². The van der Waals surface area contributed by atoms with E-state index in [-0.39, 0.29) is 11.9 Å². The van der Waals surface area contributed by atoms with E-state index in [0.717, 1.165) is 16.3 Å². The zero-order chi connectivity index (χ0) is 22.4.